The van der Waals surface area contributed by atoms with E-state index in [1.807, 2.05) is 0 Å². The lowest BCUT2D eigenvalue weighted by Crippen LogP contribution is -2.07. The number of phenols is 1. The Morgan fingerprint density at radius 1 is 1.28 bits per heavy atom. The highest BCUT2D eigenvalue weighted by atomic mass is 16.5. The molecule has 1 atom stereocenters. The minimum atomic E-state index is -0.809. The van der Waals surface area contributed by atoms with Crippen LogP contribution in [0.4, 0.5) is 0 Å². The van der Waals surface area contributed by atoms with Gasteiger partial charge in [-0.2, -0.15) is 4.98 Å². The topological polar surface area (TPSA) is 105 Å². The standard InChI is InChI=1S/C12H15N3O3/c13-6-5-10(17)12-14-11(15-18-12)7-8-1-3-9(16)4-2-8/h1-4,10,16-17H,5-7,13H2/t10-/m0/s1. The van der Waals surface area contributed by atoms with Crippen LogP contribution in [0.15, 0.2) is 28.8 Å². The quantitative estimate of drug-likeness (QED) is 0.722. The highest BCUT2D eigenvalue weighted by Crippen LogP contribution is 2.16. The van der Waals surface area contributed by atoms with Gasteiger partial charge < -0.3 is 20.5 Å². The average Bonchev–Trinajstić information content (AvgIpc) is 2.81. The molecule has 2 rings (SSSR count). The van der Waals surface area contributed by atoms with Gasteiger partial charge in [0.05, 0.1) is 0 Å². The Bertz CT molecular complexity index is 496. The van der Waals surface area contributed by atoms with E-state index < -0.39 is 6.10 Å². The molecule has 0 spiro atoms. The first-order valence-corrected chi connectivity index (χ1v) is 5.67. The van der Waals surface area contributed by atoms with Crippen molar-refractivity contribution < 1.29 is 14.7 Å². The van der Waals surface area contributed by atoms with Crippen LogP contribution in [0.25, 0.3) is 0 Å². The molecular formula is C12H15N3O3. The van der Waals surface area contributed by atoms with Gasteiger partial charge in [-0.25, -0.2) is 0 Å². The summed E-state index contributed by atoms with van der Waals surface area (Å²) in [5, 5.41) is 22.6. The van der Waals surface area contributed by atoms with E-state index in [1.165, 1.54) is 0 Å². The molecule has 1 aromatic carbocycles. The first-order valence-electron chi connectivity index (χ1n) is 5.67. The van der Waals surface area contributed by atoms with Crippen LogP contribution < -0.4 is 5.73 Å². The molecule has 0 bridgehead atoms. The number of hydrogen-bond donors (Lipinski definition) is 3. The van der Waals surface area contributed by atoms with Gasteiger partial charge in [-0.05, 0) is 30.7 Å². The van der Waals surface area contributed by atoms with E-state index in [1.54, 1.807) is 24.3 Å². The molecule has 6 heteroatoms. The smallest absolute Gasteiger partial charge is 0.255 e. The highest BCUT2D eigenvalue weighted by molar-refractivity contribution is 5.27. The Hall–Kier alpha value is -1.92. The number of aromatic nitrogens is 2. The van der Waals surface area contributed by atoms with Gasteiger partial charge in [-0.15, -0.1) is 0 Å². The van der Waals surface area contributed by atoms with Gasteiger partial charge in [0.15, 0.2) is 5.82 Å². The molecule has 0 fully saturated rings. The van der Waals surface area contributed by atoms with E-state index in [9.17, 15) is 5.11 Å². The predicted octanol–water partition coefficient (Wildman–Crippen LogP) is 0.748. The Kier molecular flexibility index (Phi) is 3.91. The number of nitrogens with two attached hydrogens (primary N) is 1. The molecule has 18 heavy (non-hydrogen) atoms. The van der Waals surface area contributed by atoms with Crippen molar-refractivity contribution in [3.8, 4) is 5.75 Å². The van der Waals surface area contributed by atoms with Gasteiger partial charge in [0, 0.05) is 6.42 Å². The Morgan fingerprint density at radius 2 is 2.00 bits per heavy atom. The number of benzene rings is 1. The number of aliphatic hydroxyl groups excluding tert-OH is 1. The van der Waals surface area contributed by atoms with Crippen molar-refractivity contribution in [1.82, 2.24) is 10.1 Å². The van der Waals surface area contributed by atoms with Crippen LogP contribution in [0.2, 0.25) is 0 Å². The zero-order valence-electron chi connectivity index (χ0n) is 9.78. The van der Waals surface area contributed by atoms with Crippen LogP contribution in [0.3, 0.4) is 0 Å². The van der Waals surface area contributed by atoms with Crippen molar-refractivity contribution in [2.24, 2.45) is 5.73 Å². The van der Waals surface area contributed by atoms with Crippen LogP contribution in [0.5, 0.6) is 5.75 Å². The summed E-state index contributed by atoms with van der Waals surface area (Å²) in [4.78, 5) is 4.10. The summed E-state index contributed by atoms with van der Waals surface area (Å²) < 4.78 is 4.96. The molecular weight excluding hydrogens is 234 g/mol. The zero-order valence-corrected chi connectivity index (χ0v) is 9.78. The van der Waals surface area contributed by atoms with Gasteiger partial charge in [-0.1, -0.05) is 17.3 Å². The molecule has 4 N–H and O–H groups in total. The lowest BCUT2D eigenvalue weighted by Gasteiger charge is -2.01. The normalized spacial score (nSPS) is 12.6. The van der Waals surface area contributed by atoms with Crippen molar-refractivity contribution in [1.29, 1.82) is 0 Å². The average molecular weight is 249 g/mol. The number of hydrogen-bond acceptors (Lipinski definition) is 6. The fourth-order valence-corrected chi connectivity index (χ4v) is 1.55. The van der Waals surface area contributed by atoms with Crippen LogP contribution in [0.1, 0.15) is 29.8 Å². The summed E-state index contributed by atoms with van der Waals surface area (Å²) in [6.45, 7) is 0.358. The zero-order chi connectivity index (χ0) is 13.0. The van der Waals surface area contributed by atoms with Crippen LogP contribution in [0, 0.1) is 0 Å². The minimum Gasteiger partial charge on any atom is -0.508 e. The molecule has 6 nitrogen and oxygen atoms in total. The number of aromatic hydroxyl groups is 1. The summed E-state index contributed by atoms with van der Waals surface area (Å²) in [6, 6.07) is 6.75. The van der Waals surface area contributed by atoms with Crippen LogP contribution >= 0.6 is 0 Å². The molecule has 1 heterocycles. The highest BCUT2D eigenvalue weighted by Gasteiger charge is 2.15. The summed E-state index contributed by atoms with van der Waals surface area (Å²) in [6.07, 6.45) is 0.0658. The molecule has 1 aromatic heterocycles. The molecule has 0 saturated heterocycles. The Balaban J connectivity index is 2.04. The lowest BCUT2D eigenvalue weighted by atomic mass is 10.1. The predicted molar refractivity (Wildman–Crippen MR) is 63.8 cm³/mol. The summed E-state index contributed by atoms with van der Waals surface area (Å²) in [5.41, 5.74) is 6.29. The van der Waals surface area contributed by atoms with Crippen LogP contribution in [-0.2, 0) is 6.42 Å². The van der Waals surface area contributed by atoms with Crippen molar-refractivity contribution in [2.45, 2.75) is 18.9 Å². The minimum absolute atomic E-state index is 0.189. The van der Waals surface area contributed by atoms with E-state index in [4.69, 9.17) is 15.4 Å². The maximum atomic E-state index is 9.63. The second-order valence-electron chi connectivity index (χ2n) is 3.99. The van der Waals surface area contributed by atoms with E-state index in [0.29, 0.717) is 25.2 Å². The monoisotopic (exact) mass is 249 g/mol. The molecule has 2 aromatic rings. The van der Waals surface area contributed by atoms with Gasteiger partial charge in [0.25, 0.3) is 5.89 Å². The van der Waals surface area contributed by atoms with Crippen molar-refractivity contribution in [2.75, 3.05) is 6.54 Å². The van der Waals surface area contributed by atoms with E-state index >= 15 is 0 Å². The molecule has 0 aliphatic rings. The summed E-state index contributed by atoms with van der Waals surface area (Å²) in [7, 11) is 0. The molecule has 0 amide bonds. The number of nitrogens with zero attached hydrogens (tertiary/aromatic N) is 2. The number of rotatable bonds is 5. The van der Waals surface area contributed by atoms with Crippen molar-refractivity contribution in [3.63, 3.8) is 0 Å². The van der Waals surface area contributed by atoms with Gasteiger partial charge >= 0.3 is 0 Å². The van der Waals surface area contributed by atoms with E-state index in [-0.39, 0.29) is 11.6 Å². The molecule has 0 unspecified atom stereocenters. The third-order valence-electron chi connectivity index (χ3n) is 2.51. The fraction of sp³-hybridized carbons (Fsp3) is 0.333. The molecule has 0 radical (unpaired) electrons. The first kappa shape index (κ1) is 12.5. The third-order valence-corrected chi connectivity index (χ3v) is 2.51. The van der Waals surface area contributed by atoms with Crippen molar-refractivity contribution >= 4 is 0 Å². The Labute approximate surface area is 104 Å². The third kappa shape index (κ3) is 3.06. The summed E-state index contributed by atoms with van der Waals surface area (Å²) >= 11 is 0. The first-order chi connectivity index (χ1) is 8.69. The van der Waals surface area contributed by atoms with Gasteiger partial charge in [0.1, 0.15) is 11.9 Å². The molecule has 96 valence electrons. The molecule has 0 aliphatic heterocycles. The number of aliphatic hydroxyl groups is 1. The van der Waals surface area contributed by atoms with Crippen LogP contribution in [-0.4, -0.2) is 26.9 Å². The summed E-state index contributed by atoms with van der Waals surface area (Å²) in [5.74, 6) is 0.895. The fourth-order valence-electron chi connectivity index (χ4n) is 1.55. The second-order valence-corrected chi connectivity index (χ2v) is 3.99. The Morgan fingerprint density at radius 3 is 2.67 bits per heavy atom. The van der Waals surface area contributed by atoms with Crippen molar-refractivity contribution in [3.05, 3.63) is 41.5 Å². The molecule has 0 aliphatic carbocycles. The van der Waals surface area contributed by atoms with Gasteiger partial charge in [0.2, 0.25) is 0 Å². The van der Waals surface area contributed by atoms with Gasteiger partial charge in [-0.3, -0.25) is 0 Å². The van der Waals surface area contributed by atoms with E-state index in [2.05, 4.69) is 10.1 Å². The second kappa shape index (κ2) is 5.61. The number of phenolic OH excluding ortho intramolecular Hbond substituents is 1. The maximum absolute atomic E-state index is 9.63. The van der Waals surface area contributed by atoms with E-state index in [0.717, 1.165) is 5.56 Å². The lowest BCUT2D eigenvalue weighted by molar-refractivity contribution is 0.127. The SMILES string of the molecule is NCC[C@H](O)c1nc(Cc2ccc(O)cc2)no1. The largest absolute Gasteiger partial charge is 0.508 e. The maximum Gasteiger partial charge on any atom is 0.255 e. The molecule has 0 saturated carbocycles.